The maximum atomic E-state index is 10.8. The maximum Gasteiger partial charge on any atom is 0.280 e. The van der Waals surface area contributed by atoms with Gasteiger partial charge in [0.25, 0.3) is 11.4 Å². The van der Waals surface area contributed by atoms with Crippen molar-refractivity contribution in [2.24, 2.45) is 5.16 Å². The van der Waals surface area contributed by atoms with Crippen LogP contribution in [0, 0.1) is 20.2 Å². The van der Waals surface area contributed by atoms with Crippen LogP contribution in [0.4, 0.5) is 11.4 Å². The molecule has 0 aliphatic carbocycles. The molecule has 2 rings (SSSR count). The van der Waals surface area contributed by atoms with Gasteiger partial charge >= 0.3 is 0 Å². The van der Waals surface area contributed by atoms with E-state index in [1.165, 1.54) is 7.11 Å². The van der Waals surface area contributed by atoms with E-state index in [9.17, 15) is 20.2 Å². The van der Waals surface area contributed by atoms with Crippen molar-refractivity contribution in [1.82, 2.24) is 0 Å². The Kier molecular flexibility index (Phi) is 5.05. The van der Waals surface area contributed by atoms with Crippen molar-refractivity contribution in [1.29, 1.82) is 0 Å². The molecule has 9 nitrogen and oxygen atoms in total. The number of nitro groups is 2. The second-order valence-electron chi connectivity index (χ2n) is 4.67. The van der Waals surface area contributed by atoms with E-state index in [0.717, 1.165) is 18.2 Å². The summed E-state index contributed by atoms with van der Waals surface area (Å²) in [6.07, 6.45) is 0. The molecule has 0 bridgehead atoms. The van der Waals surface area contributed by atoms with Gasteiger partial charge in [0.05, 0.1) is 40.9 Å². The molecule has 24 heavy (non-hydrogen) atoms. The lowest BCUT2D eigenvalue weighted by molar-refractivity contribution is -0.394. The first-order valence-corrected chi connectivity index (χ1v) is 6.71. The number of methoxy groups -OCH3 is 1. The van der Waals surface area contributed by atoms with Gasteiger partial charge in [0.1, 0.15) is 5.75 Å². The second-order valence-corrected chi connectivity index (χ2v) is 4.67. The molecule has 0 spiro atoms. The van der Waals surface area contributed by atoms with E-state index in [4.69, 9.17) is 9.57 Å². The standard InChI is InChI=1S/C15H13N3O6/c1-10(14-5-3-4-6-15(14)23-2)16-24-13-8-11(17(19)20)7-12(9-13)18(21)22/h3-9H,1-2H3/b16-10-. The number of rotatable bonds is 6. The quantitative estimate of drug-likeness (QED) is 0.455. The highest BCUT2D eigenvalue weighted by Gasteiger charge is 2.17. The third kappa shape index (κ3) is 3.83. The van der Waals surface area contributed by atoms with Gasteiger partial charge in [-0.25, -0.2) is 0 Å². The van der Waals surface area contributed by atoms with E-state index in [-0.39, 0.29) is 5.75 Å². The Bertz CT molecular complexity index is 786. The van der Waals surface area contributed by atoms with Crippen LogP contribution >= 0.6 is 0 Å². The van der Waals surface area contributed by atoms with Crippen LogP contribution in [-0.4, -0.2) is 22.7 Å². The van der Waals surface area contributed by atoms with Crippen molar-refractivity contribution in [2.45, 2.75) is 6.92 Å². The molecule has 0 aromatic heterocycles. The lowest BCUT2D eigenvalue weighted by atomic mass is 10.1. The van der Waals surface area contributed by atoms with E-state index in [0.29, 0.717) is 17.0 Å². The molecular weight excluding hydrogens is 318 g/mol. The first-order chi connectivity index (χ1) is 11.4. The lowest BCUT2D eigenvalue weighted by Crippen LogP contribution is -2.01. The fourth-order valence-corrected chi connectivity index (χ4v) is 1.95. The molecule has 0 fully saturated rings. The highest BCUT2D eigenvalue weighted by Crippen LogP contribution is 2.28. The number of non-ortho nitro benzene ring substituents is 2. The van der Waals surface area contributed by atoms with Crippen LogP contribution in [0.5, 0.6) is 11.5 Å². The summed E-state index contributed by atoms with van der Waals surface area (Å²) in [6.45, 7) is 1.66. The van der Waals surface area contributed by atoms with Crippen molar-refractivity contribution >= 4 is 17.1 Å². The first kappa shape index (κ1) is 16.9. The van der Waals surface area contributed by atoms with Crippen molar-refractivity contribution in [3.63, 3.8) is 0 Å². The highest BCUT2D eigenvalue weighted by molar-refractivity contribution is 6.00. The van der Waals surface area contributed by atoms with Gasteiger partial charge in [-0.05, 0) is 19.1 Å². The number of hydrogen-bond acceptors (Lipinski definition) is 7. The van der Waals surface area contributed by atoms with Crippen LogP contribution < -0.4 is 9.57 Å². The Morgan fingerprint density at radius 1 is 1.04 bits per heavy atom. The smallest absolute Gasteiger partial charge is 0.280 e. The average molecular weight is 331 g/mol. The monoisotopic (exact) mass is 331 g/mol. The van der Waals surface area contributed by atoms with Crippen molar-refractivity contribution < 1.29 is 19.4 Å². The molecule has 0 atom stereocenters. The first-order valence-electron chi connectivity index (χ1n) is 6.71. The molecule has 0 saturated heterocycles. The van der Waals surface area contributed by atoms with Crippen LogP contribution in [0.1, 0.15) is 12.5 Å². The number of nitro benzene ring substituents is 2. The minimum absolute atomic E-state index is 0.106. The second kappa shape index (κ2) is 7.18. The van der Waals surface area contributed by atoms with Gasteiger partial charge in [0.15, 0.2) is 5.75 Å². The van der Waals surface area contributed by atoms with Crippen LogP contribution in [-0.2, 0) is 0 Å². The summed E-state index contributed by atoms with van der Waals surface area (Å²) in [4.78, 5) is 25.3. The predicted octanol–water partition coefficient (Wildman–Crippen LogP) is 3.31. The third-order valence-corrected chi connectivity index (χ3v) is 3.08. The summed E-state index contributed by atoms with van der Waals surface area (Å²) < 4.78 is 5.20. The Labute approximate surface area is 136 Å². The molecule has 124 valence electrons. The average Bonchev–Trinajstić information content (AvgIpc) is 2.59. The highest BCUT2D eigenvalue weighted by atomic mass is 16.6. The minimum atomic E-state index is -0.739. The van der Waals surface area contributed by atoms with E-state index in [1.807, 2.05) is 0 Å². The van der Waals surface area contributed by atoms with Gasteiger partial charge in [-0.15, -0.1) is 0 Å². The summed E-state index contributed by atoms with van der Waals surface area (Å²) in [5.74, 6) is 0.470. The molecule has 0 radical (unpaired) electrons. The summed E-state index contributed by atoms with van der Waals surface area (Å²) in [5, 5.41) is 25.6. The Morgan fingerprint density at radius 2 is 1.62 bits per heavy atom. The minimum Gasteiger partial charge on any atom is -0.496 e. The topological polar surface area (TPSA) is 117 Å². The zero-order valence-electron chi connectivity index (χ0n) is 12.8. The van der Waals surface area contributed by atoms with Crippen LogP contribution in [0.2, 0.25) is 0 Å². The lowest BCUT2D eigenvalue weighted by Gasteiger charge is -2.07. The van der Waals surface area contributed by atoms with E-state index in [2.05, 4.69) is 5.16 Å². The Hall–Kier alpha value is -3.49. The van der Waals surface area contributed by atoms with Crippen LogP contribution in [0.3, 0.4) is 0 Å². The van der Waals surface area contributed by atoms with Gasteiger partial charge in [0, 0.05) is 5.56 Å². The molecule has 0 unspecified atom stereocenters. The predicted molar refractivity (Wildman–Crippen MR) is 85.6 cm³/mol. The summed E-state index contributed by atoms with van der Waals surface area (Å²) in [5.41, 5.74) is 0.204. The van der Waals surface area contributed by atoms with E-state index >= 15 is 0 Å². The van der Waals surface area contributed by atoms with Gasteiger partial charge in [-0.1, -0.05) is 17.3 Å². The molecule has 0 heterocycles. The number of hydrogen-bond donors (Lipinski definition) is 0. The van der Waals surface area contributed by atoms with Crippen molar-refractivity contribution in [2.75, 3.05) is 7.11 Å². The maximum absolute atomic E-state index is 10.8. The number of para-hydroxylation sites is 1. The van der Waals surface area contributed by atoms with Crippen LogP contribution in [0.25, 0.3) is 0 Å². The van der Waals surface area contributed by atoms with Crippen molar-refractivity contribution in [3.05, 3.63) is 68.3 Å². The summed E-state index contributed by atoms with van der Waals surface area (Å²) >= 11 is 0. The third-order valence-electron chi connectivity index (χ3n) is 3.08. The fraction of sp³-hybridized carbons (Fsp3) is 0.133. The molecule has 2 aromatic carbocycles. The molecule has 0 aliphatic rings. The Balaban J connectivity index is 2.33. The van der Waals surface area contributed by atoms with E-state index < -0.39 is 21.2 Å². The molecule has 2 aromatic rings. The number of oxime groups is 1. The molecule has 0 saturated carbocycles. The molecule has 0 N–H and O–H groups in total. The normalized spacial score (nSPS) is 11.0. The summed E-state index contributed by atoms with van der Waals surface area (Å²) in [7, 11) is 1.51. The van der Waals surface area contributed by atoms with E-state index in [1.54, 1.807) is 31.2 Å². The molecular formula is C15H13N3O6. The van der Waals surface area contributed by atoms with Gasteiger partial charge in [-0.3, -0.25) is 20.2 Å². The summed E-state index contributed by atoms with van der Waals surface area (Å²) in [6, 6.07) is 10.1. The fourth-order valence-electron chi connectivity index (χ4n) is 1.95. The van der Waals surface area contributed by atoms with Crippen molar-refractivity contribution in [3.8, 4) is 11.5 Å². The van der Waals surface area contributed by atoms with Crippen LogP contribution in [0.15, 0.2) is 47.6 Å². The van der Waals surface area contributed by atoms with Gasteiger partial charge < -0.3 is 9.57 Å². The zero-order valence-corrected chi connectivity index (χ0v) is 12.8. The van der Waals surface area contributed by atoms with Gasteiger partial charge in [-0.2, -0.15) is 0 Å². The Morgan fingerprint density at radius 3 is 2.17 bits per heavy atom. The number of nitrogens with zero attached hydrogens (tertiary/aromatic N) is 3. The SMILES string of the molecule is COc1ccccc1/C(C)=N\Oc1cc([N+](=O)[O-])cc([N+](=O)[O-])c1. The number of benzene rings is 2. The molecule has 0 amide bonds. The largest absolute Gasteiger partial charge is 0.496 e. The number of ether oxygens (including phenoxy) is 1. The van der Waals surface area contributed by atoms with Gasteiger partial charge in [0.2, 0.25) is 0 Å². The molecule has 9 heteroatoms. The molecule has 0 aliphatic heterocycles. The zero-order chi connectivity index (χ0) is 17.7.